The summed E-state index contributed by atoms with van der Waals surface area (Å²) >= 11 is 0. The van der Waals surface area contributed by atoms with Gasteiger partial charge in [-0.05, 0) is 25.0 Å². The molecule has 0 amide bonds. The minimum absolute atomic E-state index is 0.0593. The van der Waals surface area contributed by atoms with Crippen LogP contribution in [0.3, 0.4) is 0 Å². The number of hydrogen-bond donors (Lipinski definition) is 0. The fourth-order valence-corrected chi connectivity index (χ4v) is 1.56. The van der Waals surface area contributed by atoms with E-state index in [0.717, 1.165) is 6.07 Å². The average Bonchev–Trinajstić information content (AvgIpc) is 2.35. The molecule has 0 unspecified atom stereocenters. The van der Waals surface area contributed by atoms with Crippen molar-refractivity contribution in [2.24, 2.45) is 0 Å². The van der Waals surface area contributed by atoms with Crippen LogP contribution in [0.2, 0.25) is 0 Å². The molecule has 0 heterocycles. The number of ether oxygens (including phenoxy) is 2. The van der Waals surface area contributed by atoms with E-state index in [1.54, 1.807) is 0 Å². The maximum atomic E-state index is 13.7. The Morgan fingerprint density at radius 3 is 2.37 bits per heavy atom. The zero-order valence-corrected chi connectivity index (χ0v) is 11.2. The fourth-order valence-electron chi connectivity index (χ4n) is 1.56. The van der Waals surface area contributed by atoms with E-state index in [1.807, 2.05) is 13.8 Å². The number of esters is 2. The van der Waals surface area contributed by atoms with Gasteiger partial charge in [-0.2, -0.15) is 0 Å². The topological polar surface area (TPSA) is 52.6 Å². The Hall–Kier alpha value is -1.91. The van der Waals surface area contributed by atoms with Crippen LogP contribution < -0.4 is 4.74 Å². The number of rotatable bonds is 5. The molecule has 0 fully saturated rings. The van der Waals surface area contributed by atoms with Crippen LogP contribution in [0, 0.1) is 5.82 Å². The smallest absolute Gasteiger partial charge is 0.341 e. The molecule has 0 aromatic heterocycles. The van der Waals surface area contributed by atoms with Crippen LogP contribution in [0.1, 0.15) is 44.0 Å². The van der Waals surface area contributed by atoms with Crippen molar-refractivity contribution < 1.29 is 23.5 Å². The summed E-state index contributed by atoms with van der Waals surface area (Å²) in [6.45, 7) is 5.00. The highest BCUT2D eigenvalue weighted by atomic mass is 19.1. The molecule has 104 valence electrons. The molecule has 0 spiro atoms. The molecule has 0 radical (unpaired) electrons. The minimum Gasteiger partial charge on any atom is -0.459 e. The molecule has 19 heavy (non-hydrogen) atoms. The summed E-state index contributed by atoms with van der Waals surface area (Å²) in [5.41, 5.74) is -0.164. The van der Waals surface area contributed by atoms with Gasteiger partial charge < -0.3 is 9.47 Å². The van der Waals surface area contributed by atoms with E-state index >= 15 is 0 Å². The average molecular weight is 268 g/mol. The summed E-state index contributed by atoms with van der Waals surface area (Å²) in [6, 6.07) is 3.59. The van der Waals surface area contributed by atoms with Gasteiger partial charge in [0, 0.05) is 13.0 Å². The second-order valence-electron chi connectivity index (χ2n) is 4.08. The quantitative estimate of drug-likeness (QED) is 0.608. The van der Waals surface area contributed by atoms with Crippen molar-refractivity contribution in [3.05, 3.63) is 29.6 Å². The second kappa shape index (κ2) is 6.87. The number of halogens is 1. The van der Waals surface area contributed by atoms with Crippen molar-refractivity contribution in [2.75, 3.05) is 0 Å². The molecule has 0 atom stereocenters. The van der Waals surface area contributed by atoms with Crippen LogP contribution in [0.25, 0.3) is 0 Å². The zero-order chi connectivity index (χ0) is 14.4. The molecule has 1 rings (SSSR count). The van der Waals surface area contributed by atoms with Gasteiger partial charge in [0.1, 0.15) is 17.7 Å². The van der Waals surface area contributed by atoms with Crippen LogP contribution in [0.15, 0.2) is 18.2 Å². The molecule has 0 aliphatic rings. The van der Waals surface area contributed by atoms with Gasteiger partial charge in [-0.15, -0.1) is 0 Å². The highest BCUT2D eigenvalue weighted by molar-refractivity contribution is 5.90. The predicted octanol–water partition coefficient (Wildman–Crippen LogP) is 3.10. The minimum atomic E-state index is -0.769. The summed E-state index contributed by atoms with van der Waals surface area (Å²) in [5, 5.41) is 0. The Morgan fingerprint density at radius 1 is 1.26 bits per heavy atom. The Bertz CT molecular complexity index is 467. The normalized spacial score (nSPS) is 10.4. The number of hydrogen-bond acceptors (Lipinski definition) is 4. The number of carbonyl (C=O) groups is 2. The highest BCUT2D eigenvalue weighted by Crippen LogP contribution is 2.19. The summed E-state index contributed by atoms with van der Waals surface area (Å²) < 4.78 is 23.6. The molecule has 0 saturated carbocycles. The molecule has 0 saturated heterocycles. The van der Waals surface area contributed by atoms with E-state index < -0.39 is 17.8 Å². The van der Waals surface area contributed by atoms with Crippen molar-refractivity contribution in [1.29, 1.82) is 0 Å². The van der Waals surface area contributed by atoms with Gasteiger partial charge in [-0.1, -0.05) is 13.8 Å². The van der Waals surface area contributed by atoms with Crippen LogP contribution in [0.5, 0.6) is 5.75 Å². The molecular formula is C14H17FO4. The van der Waals surface area contributed by atoms with Crippen molar-refractivity contribution >= 4 is 11.9 Å². The van der Waals surface area contributed by atoms with Gasteiger partial charge in [0.2, 0.25) is 0 Å². The fraction of sp³-hybridized carbons (Fsp3) is 0.429. The highest BCUT2D eigenvalue weighted by Gasteiger charge is 2.17. The molecule has 4 nitrogen and oxygen atoms in total. The first-order chi connectivity index (χ1) is 8.97. The van der Waals surface area contributed by atoms with E-state index in [2.05, 4.69) is 0 Å². The lowest BCUT2D eigenvalue weighted by Gasteiger charge is -2.14. The van der Waals surface area contributed by atoms with Crippen LogP contribution in [-0.2, 0) is 9.53 Å². The standard InChI is InChI=1S/C14H17FO4/c1-4-10(5-2)19-14(17)12-7-6-11(8-13(12)15)18-9(3)16/h6-8,10H,4-5H2,1-3H3. The van der Waals surface area contributed by atoms with Crippen molar-refractivity contribution in [2.45, 2.75) is 39.7 Å². The first-order valence-corrected chi connectivity index (χ1v) is 6.16. The van der Waals surface area contributed by atoms with Gasteiger partial charge in [0.05, 0.1) is 5.56 Å². The second-order valence-corrected chi connectivity index (χ2v) is 4.08. The van der Waals surface area contributed by atoms with E-state index in [0.29, 0.717) is 12.8 Å². The molecular weight excluding hydrogens is 251 g/mol. The maximum absolute atomic E-state index is 13.7. The third-order valence-corrected chi connectivity index (χ3v) is 2.61. The molecule has 1 aromatic carbocycles. The summed E-state index contributed by atoms with van der Waals surface area (Å²) in [7, 11) is 0. The Balaban J connectivity index is 2.84. The van der Waals surface area contributed by atoms with E-state index in [9.17, 15) is 14.0 Å². The lowest BCUT2D eigenvalue weighted by atomic mass is 10.2. The van der Waals surface area contributed by atoms with Crippen LogP contribution in [-0.4, -0.2) is 18.0 Å². The van der Waals surface area contributed by atoms with Gasteiger partial charge in [-0.25, -0.2) is 9.18 Å². The predicted molar refractivity (Wildman–Crippen MR) is 67.5 cm³/mol. The van der Waals surface area contributed by atoms with Gasteiger partial charge in [0.15, 0.2) is 0 Å². The van der Waals surface area contributed by atoms with E-state index in [1.165, 1.54) is 19.1 Å². The Kier molecular flexibility index (Phi) is 5.48. The first-order valence-electron chi connectivity index (χ1n) is 6.16. The number of benzene rings is 1. The maximum Gasteiger partial charge on any atom is 0.341 e. The van der Waals surface area contributed by atoms with Crippen molar-refractivity contribution in [1.82, 2.24) is 0 Å². The Labute approximate surface area is 111 Å². The van der Waals surface area contributed by atoms with E-state index in [-0.39, 0.29) is 17.4 Å². The van der Waals surface area contributed by atoms with Gasteiger partial charge >= 0.3 is 11.9 Å². The molecule has 1 aromatic rings. The van der Waals surface area contributed by atoms with Crippen molar-refractivity contribution in [3.8, 4) is 5.75 Å². The van der Waals surface area contributed by atoms with Crippen LogP contribution >= 0.6 is 0 Å². The molecule has 0 aliphatic heterocycles. The third-order valence-electron chi connectivity index (χ3n) is 2.61. The molecule has 0 bridgehead atoms. The summed E-state index contributed by atoms with van der Waals surface area (Å²) in [6.07, 6.45) is 1.13. The zero-order valence-electron chi connectivity index (χ0n) is 11.2. The van der Waals surface area contributed by atoms with E-state index in [4.69, 9.17) is 9.47 Å². The first kappa shape index (κ1) is 15.1. The SMILES string of the molecule is CCC(CC)OC(=O)c1ccc(OC(C)=O)cc1F. The Morgan fingerprint density at radius 2 is 1.89 bits per heavy atom. The molecule has 0 N–H and O–H groups in total. The van der Waals surface area contributed by atoms with Crippen LogP contribution in [0.4, 0.5) is 4.39 Å². The third kappa shape index (κ3) is 4.35. The van der Waals surface area contributed by atoms with Gasteiger partial charge in [-0.3, -0.25) is 4.79 Å². The largest absolute Gasteiger partial charge is 0.459 e. The van der Waals surface area contributed by atoms with Crippen molar-refractivity contribution in [3.63, 3.8) is 0 Å². The monoisotopic (exact) mass is 268 g/mol. The van der Waals surface area contributed by atoms with Gasteiger partial charge in [0.25, 0.3) is 0 Å². The number of carbonyl (C=O) groups excluding carboxylic acids is 2. The lowest BCUT2D eigenvalue weighted by molar-refractivity contribution is -0.131. The molecule has 0 aliphatic carbocycles. The summed E-state index contributed by atoms with van der Waals surface area (Å²) in [5.74, 6) is -1.97. The molecule has 5 heteroatoms. The lowest BCUT2D eigenvalue weighted by Crippen LogP contribution is -2.17. The summed E-state index contributed by atoms with van der Waals surface area (Å²) in [4.78, 5) is 22.5.